The zero-order valence-corrected chi connectivity index (χ0v) is 19.4. The first kappa shape index (κ1) is 24.2. The minimum Gasteiger partial charge on any atom is -0.481 e. The zero-order chi connectivity index (χ0) is 23.4. The Balaban J connectivity index is 2.08. The molecular formula is C22H29N3O5S. The van der Waals surface area contributed by atoms with Crippen LogP contribution >= 0.6 is 0 Å². The Bertz CT molecular complexity index is 1040. The fourth-order valence-corrected chi connectivity index (χ4v) is 3.12. The van der Waals surface area contributed by atoms with Crippen LogP contribution in [0.25, 0.3) is 0 Å². The van der Waals surface area contributed by atoms with Crippen molar-refractivity contribution in [3.63, 3.8) is 0 Å². The van der Waals surface area contributed by atoms with Gasteiger partial charge in [-0.2, -0.15) is 0 Å². The van der Waals surface area contributed by atoms with Crippen molar-refractivity contribution in [2.24, 2.45) is 0 Å². The first-order chi connectivity index (χ1) is 14.3. The molecule has 0 saturated heterocycles. The van der Waals surface area contributed by atoms with Crippen LogP contribution in [0.1, 0.15) is 38.1 Å². The molecule has 0 radical (unpaired) electrons. The van der Waals surface area contributed by atoms with Crippen molar-refractivity contribution in [3.8, 4) is 5.75 Å². The van der Waals surface area contributed by atoms with Crippen molar-refractivity contribution in [2.75, 3.05) is 22.9 Å². The smallest absolute Gasteiger partial charge is 0.265 e. The van der Waals surface area contributed by atoms with Gasteiger partial charge in [0.15, 0.2) is 6.10 Å². The van der Waals surface area contributed by atoms with E-state index in [4.69, 9.17) is 4.74 Å². The number of ether oxygens (including phenoxy) is 1. The highest BCUT2D eigenvalue weighted by Crippen LogP contribution is 2.22. The molecule has 0 aliphatic carbocycles. The van der Waals surface area contributed by atoms with Crippen LogP contribution in [0.3, 0.4) is 0 Å². The van der Waals surface area contributed by atoms with Gasteiger partial charge in [-0.3, -0.25) is 13.9 Å². The number of carbonyl (C=O) groups excluding carboxylic acids is 2. The number of benzene rings is 2. The molecule has 8 nitrogen and oxygen atoms in total. The number of rotatable bonds is 7. The summed E-state index contributed by atoms with van der Waals surface area (Å²) in [4.78, 5) is 25.2. The summed E-state index contributed by atoms with van der Waals surface area (Å²) in [6, 6.07) is 13.1. The van der Waals surface area contributed by atoms with Gasteiger partial charge in [0.1, 0.15) is 5.75 Å². The van der Waals surface area contributed by atoms with Crippen molar-refractivity contribution in [1.29, 1.82) is 0 Å². The van der Waals surface area contributed by atoms with Gasteiger partial charge >= 0.3 is 0 Å². The Morgan fingerprint density at radius 2 is 1.61 bits per heavy atom. The summed E-state index contributed by atoms with van der Waals surface area (Å²) in [6.07, 6.45) is 0.265. The Labute approximate surface area is 183 Å². The summed E-state index contributed by atoms with van der Waals surface area (Å²) in [7, 11) is -1.91. The predicted octanol–water partition coefficient (Wildman–Crippen LogP) is 3.02. The van der Waals surface area contributed by atoms with Gasteiger partial charge in [-0.1, -0.05) is 12.1 Å². The normalized spacial score (nSPS) is 12.6. The molecule has 0 aromatic heterocycles. The van der Waals surface area contributed by atoms with E-state index >= 15 is 0 Å². The monoisotopic (exact) mass is 447 g/mol. The summed E-state index contributed by atoms with van der Waals surface area (Å²) < 4.78 is 30.1. The number of para-hydroxylation sites is 1. The third-order valence-corrected chi connectivity index (χ3v) is 5.50. The molecule has 0 aliphatic rings. The molecule has 2 amide bonds. The Hall–Kier alpha value is -3.07. The maximum atomic E-state index is 12.6. The molecule has 0 unspecified atom stereocenters. The number of carbonyl (C=O) groups is 2. The molecule has 1 atom stereocenters. The lowest BCUT2D eigenvalue weighted by Gasteiger charge is -2.22. The van der Waals surface area contributed by atoms with Crippen LogP contribution in [0.5, 0.6) is 5.75 Å². The van der Waals surface area contributed by atoms with Crippen LogP contribution in [0.15, 0.2) is 48.5 Å². The molecule has 31 heavy (non-hydrogen) atoms. The minimum atomic E-state index is -3.37. The molecule has 0 fully saturated rings. The molecule has 2 N–H and O–H groups in total. The highest BCUT2D eigenvalue weighted by Gasteiger charge is 2.21. The summed E-state index contributed by atoms with van der Waals surface area (Å²) >= 11 is 0. The number of nitrogens with one attached hydrogen (secondary N) is 2. The molecule has 0 heterocycles. The lowest BCUT2D eigenvalue weighted by atomic mass is 10.1. The van der Waals surface area contributed by atoms with E-state index in [9.17, 15) is 18.0 Å². The van der Waals surface area contributed by atoms with Gasteiger partial charge in [-0.05, 0) is 64.1 Å². The van der Waals surface area contributed by atoms with E-state index in [0.29, 0.717) is 22.7 Å². The van der Waals surface area contributed by atoms with Crippen molar-refractivity contribution in [1.82, 2.24) is 5.32 Å². The average molecular weight is 448 g/mol. The van der Waals surface area contributed by atoms with E-state index in [-0.39, 0.29) is 5.91 Å². The second-order valence-electron chi connectivity index (χ2n) is 8.22. The molecule has 168 valence electrons. The number of hydrogen-bond donors (Lipinski definition) is 2. The minimum absolute atomic E-state index is 0.289. The Morgan fingerprint density at radius 1 is 1.03 bits per heavy atom. The second-order valence-corrected chi connectivity index (χ2v) is 10.2. The molecule has 0 bridgehead atoms. The number of hydrogen-bond acceptors (Lipinski definition) is 5. The molecule has 2 aromatic rings. The van der Waals surface area contributed by atoms with Crippen molar-refractivity contribution >= 4 is 33.2 Å². The highest BCUT2D eigenvalue weighted by atomic mass is 32.2. The number of nitrogens with zero attached hydrogens (tertiary/aromatic N) is 1. The maximum absolute atomic E-state index is 12.6. The number of sulfonamides is 1. The molecule has 0 aliphatic heterocycles. The van der Waals surface area contributed by atoms with E-state index in [1.165, 1.54) is 7.05 Å². The van der Waals surface area contributed by atoms with Crippen LogP contribution < -0.4 is 19.7 Å². The Kier molecular flexibility index (Phi) is 7.32. The standard InChI is InChI=1S/C22H29N3O5S/c1-15(30-17-13-11-16(12-14-17)25(5)31(6,28)29)20(26)23-19-10-8-7-9-18(19)21(27)24-22(2,3)4/h7-15H,1-6H3,(H,23,26)(H,24,27)/t15-/m1/s1. The summed E-state index contributed by atoms with van der Waals surface area (Å²) in [6.45, 7) is 7.21. The molecule has 0 saturated carbocycles. The van der Waals surface area contributed by atoms with Gasteiger partial charge in [-0.15, -0.1) is 0 Å². The predicted molar refractivity (Wildman–Crippen MR) is 122 cm³/mol. The van der Waals surface area contributed by atoms with Crippen LogP contribution in [0, 0.1) is 0 Å². The van der Waals surface area contributed by atoms with Crippen LogP contribution in [-0.2, 0) is 14.8 Å². The fourth-order valence-electron chi connectivity index (χ4n) is 2.62. The summed E-state index contributed by atoms with van der Waals surface area (Å²) in [5, 5.41) is 5.61. The SMILES string of the molecule is C[C@@H](Oc1ccc(N(C)S(C)(=O)=O)cc1)C(=O)Nc1ccccc1C(=O)NC(C)(C)C. The second kappa shape index (κ2) is 9.38. The van der Waals surface area contributed by atoms with Gasteiger partial charge in [0.2, 0.25) is 10.0 Å². The summed E-state index contributed by atoms with van der Waals surface area (Å²) in [5.74, 6) is -0.303. The highest BCUT2D eigenvalue weighted by molar-refractivity contribution is 7.92. The first-order valence-corrected chi connectivity index (χ1v) is 11.6. The summed E-state index contributed by atoms with van der Waals surface area (Å²) in [5.41, 5.74) is 0.800. The molecule has 2 rings (SSSR count). The van der Waals surface area contributed by atoms with Gasteiger partial charge < -0.3 is 15.4 Å². The van der Waals surface area contributed by atoms with E-state index in [2.05, 4.69) is 10.6 Å². The van der Waals surface area contributed by atoms with Crippen LogP contribution in [-0.4, -0.2) is 45.2 Å². The van der Waals surface area contributed by atoms with Gasteiger partial charge in [0.05, 0.1) is 23.2 Å². The van der Waals surface area contributed by atoms with E-state index < -0.39 is 27.6 Å². The lowest BCUT2D eigenvalue weighted by molar-refractivity contribution is -0.122. The largest absolute Gasteiger partial charge is 0.481 e. The van der Waals surface area contributed by atoms with Crippen molar-refractivity contribution in [3.05, 3.63) is 54.1 Å². The number of anilines is 2. The van der Waals surface area contributed by atoms with E-state index in [1.807, 2.05) is 20.8 Å². The third kappa shape index (κ3) is 6.99. The topological polar surface area (TPSA) is 105 Å². The lowest BCUT2D eigenvalue weighted by Crippen LogP contribution is -2.41. The fraction of sp³-hybridized carbons (Fsp3) is 0.364. The third-order valence-electron chi connectivity index (χ3n) is 4.30. The molecule has 2 aromatic carbocycles. The molecular weight excluding hydrogens is 418 g/mol. The van der Waals surface area contributed by atoms with Gasteiger partial charge in [0.25, 0.3) is 11.8 Å². The average Bonchev–Trinajstić information content (AvgIpc) is 2.66. The number of amides is 2. The van der Waals surface area contributed by atoms with Gasteiger partial charge in [-0.25, -0.2) is 8.42 Å². The first-order valence-electron chi connectivity index (χ1n) is 9.71. The van der Waals surface area contributed by atoms with E-state index in [0.717, 1.165) is 10.6 Å². The van der Waals surface area contributed by atoms with Crippen molar-refractivity contribution < 1.29 is 22.7 Å². The molecule has 9 heteroatoms. The molecule has 0 spiro atoms. The zero-order valence-electron chi connectivity index (χ0n) is 18.6. The van der Waals surface area contributed by atoms with Crippen LogP contribution in [0.2, 0.25) is 0 Å². The van der Waals surface area contributed by atoms with E-state index in [1.54, 1.807) is 55.5 Å². The Morgan fingerprint density at radius 3 is 2.16 bits per heavy atom. The maximum Gasteiger partial charge on any atom is 0.265 e. The van der Waals surface area contributed by atoms with Gasteiger partial charge in [0, 0.05) is 12.6 Å². The quantitative estimate of drug-likeness (QED) is 0.679. The van der Waals surface area contributed by atoms with Crippen molar-refractivity contribution in [2.45, 2.75) is 39.3 Å². The van der Waals surface area contributed by atoms with Crippen LogP contribution in [0.4, 0.5) is 11.4 Å².